The molecule has 1 unspecified atom stereocenters. The van der Waals surface area contributed by atoms with Crippen molar-refractivity contribution in [2.75, 3.05) is 13.1 Å². The number of benzene rings is 1. The summed E-state index contributed by atoms with van der Waals surface area (Å²) in [7, 11) is 0. The SMILES string of the molecule is CCCC1CCCN(C(=O)c2nnn(-c3ccc(F)cc3)c2C(F)(F)F)CC1. The Hall–Kier alpha value is -2.45. The average Bonchev–Trinajstić information content (AvgIpc) is 2.97. The normalized spacial score (nSPS) is 18.2. The molecule has 1 amide bonds. The largest absolute Gasteiger partial charge is 0.435 e. The number of aromatic nitrogens is 3. The lowest BCUT2D eigenvalue weighted by Crippen LogP contribution is -2.34. The molecule has 28 heavy (non-hydrogen) atoms. The third-order valence-electron chi connectivity index (χ3n) is 5.04. The standard InChI is InChI=1S/C19H22F4N4O/c1-2-4-13-5-3-11-26(12-10-13)18(28)16-17(19(21,22)23)27(25-24-16)15-8-6-14(20)7-9-15/h6-9,13H,2-5,10-12H2,1H3. The zero-order valence-electron chi connectivity index (χ0n) is 15.5. The molecule has 0 aliphatic carbocycles. The highest BCUT2D eigenvalue weighted by molar-refractivity contribution is 5.93. The first kappa shape index (κ1) is 20.3. The van der Waals surface area contributed by atoms with E-state index in [1.807, 2.05) is 0 Å². The predicted molar refractivity (Wildman–Crippen MR) is 94.5 cm³/mol. The van der Waals surface area contributed by atoms with E-state index in [4.69, 9.17) is 0 Å². The molecule has 0 saturated carbocycles. The Morgan fingerprint density at radius 1 is 1.18 bits per heavy atom. The molecule has 5 nitrogen and oxygen atoms in total. The fraction of sp³-hybridized carbons (Fsp3) is 0.526. The monoisotopic (exact) mass is 398 g/mol. The minimum absolute atomic E-state index is 0.0147. The van der Waals surface area contributed by atoms with Crippen LogP contribution in [0.15, 0.2) is 24.3 Å². The minimum atomic E-state index is -4.83. The van der Waals surface area contributed by atoms with E-state index in [1.165, 1.54) is 4.90 Å². The first-order valence-electron chi connectivity index (χ1n) is 9.39. The maximum atomic E-state index is 13.7. The number of carbonyl (C=O) groups excluding carboxylic acids is 1. The summed E-state index contributed by atoms with van der Waals surface area (Å²) in [6.07, 6.45) is -0.248. The smallest absolute Gasteiger partial charge is 0.337 e. The van der Waals surface area contributed by atoms with Crippen LogP contribution >= 0.6 is 0 Å². The fourth-order valence-electron chi connectivity index (χ4n) is 3.66. The number of hydrogen-bond donors (Lipinski definition) is 0. The van der Waals surface area contributed by atoms with Gasteiger partial charge in [0.05, 0.1) is 5.69 Å². The van der Waals surface area contributed by atoms with E-state index in [1.54, 1.807) is 0 Å². The highest BCUT2D eigenvalue weighted by Gasteiger charge is 2.43. The lowest BCUT2D eigenvalue weighted by Gasteiger charge is -2.20. The zero-order chi connectivity index (χ0) is 20.3. The molecule has 1 saturated heterocycles. The van der Waals surface area contributed by atoms with Crippen molar-refractivity contribution >= 4 is 5.91 Å². The summed E-state index contributed by atoms with van der Waals surface area (Å²) < 4.78 is 54.9. The number of alkyl halides is 3. The Morgan fingerprint density at radius 2 is 1.89 bits per heavy atom. The molecule has 1 fully saturated rings. The molecule has 2 heterocycles. The predicted octanol–water partition coefficient (Wildman–Crippen LogP) is 4.47. The van der Waals surface area contributed by atoms with Crippen molar-refractivity contribution in [3.63, 3.8) is 0 Å². The van der Waals surface area contributed by atoms with Gasteiger partial charge in [-0.1, -0.05) is 25.0 Å². The van der Waals surface area contributed by atoms with Gasteiger partial charge >= 0.3 is 6.18 Å². The summed E-state index contributed by atoms with van der Waals surface area (Å²) in [5.41, 5.74) is -1.97. The van der Waals surface area contributed by atoms with Crippen LogP contribution in [0.4, 0.5) is 17.6 Å². The van der Waals surface area contributed by atoms with Crippen molar-refractivity contribution in [1.82, 2.24) is 19.9 Å². The van der Waals surface area contributed by atoms with Crippen molar-refractivity contribution in [3.05, 3.63) is 41.5 Å². The molecule has 2 aromatic rings. The third-order valence-corrected chi connectivity index (χ3v) is 5.04. The Kier molecular flexibility index (Phi) is 6.00. The van der Waals surface area contributed by atoms with Crippen molar-refractivity contribution in [3.8, 4) is 5.69 Å². The topological polar surface area (TPSA) is 51.0 Å². The van der Waals surface area contributed by atoms with E-state index in [9.17, 15) is 22.4 Å². The van der Waals surface area contributed by atoms with Gasteiger partial charge in [0.2, 0.25) is 0 Å². The lowest BCUT2D eigenvalue weighted by molar-refractivity contribution is -0.143. The minimum Gasteiger partial charge on any atom is -0.337 e. The van der Waals surface area contributed by atoms with Crippen LogP contribution in [0.3, 0.4) is 0 Å². The molecule has 152 valence electrons. The van der Waals surface area contributed by atoms with Gasteiger partial charge in [-0.2, -0.15) is 13.2 Å². The first-order valence-corrected chi connectivity index (χ1v) is 9.39. The summed E-state index contributed by atoms with van der Waals surface area (Å²) in [4.78, 5) is 14.3. The Morgan fingerprint density at radius 3 is 2.54 bits per heavy atom. The fourth-order valence-corrected chi connectivity index (χ4v) is 3.66. The van der Waals surface area contributed by atoms with E-state index >= 15 is 0 Å². The number of carbonyl (C=O) groups is 1. The molecule has 3 rings (SSSR count). The van der Waals surface area contributed by atoms with Crippen LogP contribution in [-0.4, -0.2) is 38.9 Å². The van der Waals surface area contributed by atoms with Gasteiger partial charge in [0.1, 0.15) is 5.82 Å². The molecule has 1 aromatic carbocycles. The Labute approximate surface area is 160 Å². The number of amides is 1. The van der Waals surface area contributed by atoms with E-state index in [2.05, 4.69) is 17.2 Å². The van der Waals surface area contributed by atoms with E-state index in [-0.39, 0.29) is 5.69 Å². The van der Waals surface area contributed by atoms with Crippen molar-refractivity contribution in [2.24, 2.45) is 5.92 Å². The van der Waals surface area contributed by atoms with Gasteiger partial charge in [0.25, 0.3) is 5.91 Å². The third kappa shape index (κ3) is 4.34. The van der Waals surface area contributed by atoms with Crippen LogP contribution in [0.5, 0.6) is 0 Å². The van der Waals surface area contributed by atoms with Crippen LogP contribution in [0.1, 0.15) is 55.2 Å². The second-order valence-electron chi connectivity index (χ2n) is 7.05. The quantitative estimate of drug-likeness (QED) is 0.714. The number of likely N-dealkylation sites (tertiary alicyclic amines) is 1. The molecule has 9 heteroatoms. The first-order chi connectivity index (χ1) is 13.3. The van der Waals surface area contributed by atoms with Gasteiger partial charge in [-0.15, -0.1) is 5.10 Å². The van der Waals surface area contributed by atoms with E-state index in [0.717, 1.165) is 56.4 Å². The summed E-state index contributed by atoms with van der Waals surface area (Å²) in [5.74, 6) is -0.863. The molecule has 0 bridgehead atoms. The number of rotatable bonds is 4. The molecule has 1 atom stereocenters. The molecular formula is C19H22F4N4O. The summed E-state index contributed by atoms with van der Waals surface area (Å²) in [6, 6.07) is 4.38. The summed E-state index contributed by atoms with van der Waals surface area (Å²) >= 11 is 0. The molecule has 1 aromatic heterocycles. The van der Waals surface area contributed by atoms with Crippen molar-refractivity contribution < 1.29 is 22.4 Å². The van der Waals surface area contributed by atoms with Crippen LogP contribution in [0, 0.1) is 11.7 Å². The molecule has 0 radical (unpaired) electrons. The maximum Gasteiger partial charge on any atom is 0.435 e. The molecule has 0 N–H and O–H groups in total. The van der Waals surface area contributed by atoms with E-state index in [0.29, 0.717) is 23.7 Å². The molecule has 1 aliphatic rings. The van der Waals surface area contributed by atoms with Crippen molar-refractivity contribution in [1.29, 1.82) is 0 Å². The highest BCUT2D eigenvalue weighted by Crippen LogP contribution is 2.33. The van der Waals surface area contributed by atoms with Crippen LogP contribution in [0.2, 0.25) is 0 Å². The van der Waals surface area contributed by atoms with Gasteiger partial charge in [-0.05, 0) is 49.4 Å². The highest BCUT2D eigenvalue weighted by atomic mass is 19.4. The number of nitrogens with zero attached hydrogens (tertiary/aromatic N) is 4. The Bertz CT molecular complexity index is 816. The lowest BCUT2D eigenvalue weighted by atomic mass is 9.96. The van der Waals surface area contributed by atoms with Gasteiger partial charge in [0.15, 0.2) is 11.4 Å². The van der Waals surface area contributed by atoms with Crippen molar-refractivity contribution in [2.45, 2.75) is 45.2 Å². The van der Waals surface area contributed by atoms with Crippen LogP contribution in [0.25, 0.3) is 5.69 Å². The number of hydrogen-bond acceptors (Lipinski definition) is 3. The molecule has 0 spiro atoms. The van der Waals surface area contributed by atoms with Gasteiger partial charge in [0, 0.05) is 13.1 Å². The summed E-state index contributed by atoms with van der Waals surface area (Å²) in [6.45, 7) is 2.90. The van der Waals surface area contributed by atoms with Gasteiger partial charge in [-0.25, -0.2) is 9.07 Å². The second-order valence-corrected chi connectivity index (χ2v) is 7.05. The average molecular weight is 398 g/mol. The Balaban J connectivity index is 1.91. The van der Waals surface area contributed by atoms with Crippen LogP contribution in [-0.2, 0) is 6.18 Å². The second kappa shape index (κ2) is 8.28. The zero-order valence-corrected chi connectivity index (χ0v) is 15.5. The summed E-state index contributed by atoms with van der Waals surface area (Å²) in [5, 5.41) is 7.09. The number of halogens is 4. The van der Waals surface area contributed by atoms with Gasteiger partial charge < -0.3 is 4.90 Å². The molecular weight excluding hydrogens is 376 g/mol. The maximum absolute atomic E-state index is 13.7. The van der Waals surface area contributed by atoms with E-state index < -0.39 is 29.3 Å². The van der Waals surface area contributed by atoms with Gasteiger partial charge in [-0.3, -0.25) is 4.79 Å². The van der Waals surface area contributed by atoms with Crippen LogP contribution < -0.4 is 0 Å². The molecule has 1 aliphatic heterocycles.